The van der Waals surface area contributed by atoms with Crippen LogP contribution in [0.5, 0.6) is 0 Å². The second-order valence-corrected chi connectivity index (χ2v) is 18.9. The predicted molar refractivity (Wildman–Crippen MR) is 305 cm³/mol. The summed E-state index contributed by atoms with van der Waals surface area (Å²) in [6, 6.07) is 0. The maximum absolute atomic E-state index is 12.3. The summed E-state index contributed by atoms with van der Waals surface area (Å²) in [5.74, 6) is 0.704. The molecule has 434 valence electrons. The minimum atomic E-state index is -0.673. The molecule has 1 saturated carbocycles. The van der Waals surface area contributed by atoms with Crippen LogP contribution in [0.2, 0.25) is 0 Å². The Hall–Kier alpha value is -2.26. The van der Waals surface area contributed by atoms with Crippen LogP contribution in [0, 0.1) is 17.8 Å². The number of carbonyl (C=O) groups is 2. The first-order valence-corrected chi connectivity index (χ1v) is 26.9. The summed E-state index contributed by atoms with van der Waals surface area (Å²) < 4.78 is 53.0. The summed E-state index contributed by atoms with van der Waals surface area (Å²) in [5, 5.41) is 7.00. The van der Waals surface area contributed by atoms with Crippen LogP contribution in [0.3, 0.4) is 0 Å². The molecule has 0 bridgehead atoms. The summed E-state index contributed by atoms with van der Waals surface area (Å²) in [5.41, 5.74) is 3.17. The molecule has 1 spiro atoms. The molecular formula is C61H118O12. The standard InChI is InChI=1S/C36H52O6.C14H28O5.3C2H6.CH4O.4CH4/c1-25(11-7-5-8-12-28-23-39-34-32(28)18-16-26(2)33(34)38)15-17-30-21-31(40-24-37)22-36(41-30)20-19-27(3)35(4,42-36)29-13-9-6-10-14-29;1-10(15-3)8-12(16-4)9-19-14-11(2)18-7-6-13(14)17-5;4*1-2;;;;/h5,8,12,15-16,24,27,29-32,34H,6-7,9-11,13-14,17-23H2,1-4H3;10-14H,6-9H2,1-5H3;3*1-2H3;2H,1H3;4*1H4/b8-5+,25-15+,28-12+;;;;;;;;;/t27?,30-,31+,32?,34?,35?,36?;10?,11?,12-,13+,14?;;;;;;;;/m10......../s1. The Balaban J connectivity index is -0.000000653. The van der Waals surface area contributed by atoms with Crippen LogP contribution in [0.1, 0.15) is 209 Å². The first kappa shape index (κ1) is 77.2. The third-order valence-corrected chi connectivity index (χ3v) is 14.6. The van der Waals surface area contributed by atoms with Crippen LogP contribution >= 0.6 is 0 Å². The molecule has 6 rings (SSSR count). The predicted octanol–water partition coefficient (Wildman–Crippen LogP) is 14.6. The van der Waals surface area contributed by atoms with Crippen LogP contribution in [-0.4, -0.2) is 126 Å². The van der Waals surface area contributed by atoms with Crippen molar-refractivity contribution < 1.29 is 57.3 Å². The van der Waals surface area contributed by atoms with Crippen molar-refractivity contribution in [2.24, 2.45) is 17.8 Å². The van der Waals surface area contributed by atoms with Crippen molar-refractivity contribution >= 4 is 12.3 Å². The molecule has 12 heteroatoms. The Morgan fingerprint density at radius 2 is 1.59 bits per heavy atom. The van der Waals surface area contributed by atoms with Gasteiger partial charge in [-0.3, -0.25) is 9.59 Å². The highest BCUT2D eigenvalue weighted by Crippen LogP contribution is 2.51. The minimum Gasteiger partial charge on any atom is -0.464 e. The van der Waals surface area contributed by atoms with Gasteiger partial charge in [0.05, 0.1) is 49.3 Å². The van der Waals surface area contributed by atoms with Crippen molar-refractivity contribution in [2.45, 2.75) is 269 Å². The number of fused-ring (bicyclic) bond motifs is 1. The van der Waals surface area contributed by atoms with Crippen molar-refractivity contribution in [1.29, 1.82) is 0 Å². The van der Waals surface area contributed by atoms with Gasteiger partial charge in [0.25, 0.3) is 6.47 Å². The van der Waals surface area contributed by atoms with Crippen molar-refractivity contribution in [3.05, 3.63) is 47.1 Å². The molecule has 4 heterocycles. The van der Waals surface area contributed by atoms with Crippen molar-refractivity contribution in [1.82, 2.24) is 0 Å². The summed E-state index contributed by atoms with van der Waals surface area (Å²) in [7, 11) is 6.13. The van der Waals surface area contributed by atoms with E-state index in [4.69, 9.17) is 47.7 Å². The third kappa shape index (κ3) is 24.3. The zero-order valence-corrected chi connectivity index (χ0v) is 46.5. The Kier molecular flexibility index (Phi) is 45.3. The van der Waals surface area contributed by atoms with Crippen molar-refractivity contribution in [3.63, 3.8) is 0 Å². The number of rotatable bonds is 17. The number of hydrogen-bond acceptors (Lipinski definition) is 12. The van der Waals surface area contributed by atoms with E-state index in [1.165, 1.54) is 43.3 Å². The van der Waals surface area contributed by atoms with Crippen LogP contribution in [0.4, 0.5) is 0 Å². The van der Waals surface area contributed by atoms with E-state index >= 15 is 0 Å². The van der Waals surface area contributed by atoms with Gasteiger partial charge < -0.3 is 47.7 Å². The second kappa shape index (κ2) is 42.8. The number of methoxy groups -OCH3 is 3. The lowest BCUT2D eigenvalue weighted by Gasteiger charge is -2.56. The monoisotopic (exact) mass is 1040 g/mol. The van der Waals surface area contributed by atoms with E-state index in [1.807, 2.05) is 68.4 Å². The molecule has 0 amide bonds. The van der Waals surface area contributed by atoms with Crippen LogP contribution < -0.4 is 0 Å². The average molecular weight is 1040 g/mol. The van der Waals surface area contributed by atoms with Gasteiger partial charge in [-0.2, -0.15) is 0 Å². The molecule has 0 aromatic heterocycles. The minimum absolute atomic E-state index is 0. The highest BCUT2D eigenvalue weighted by atomic mass is 16.7. The number of Topliss-reactive ketones (excluding diaryl/α,β-unsaturated/α-hetero) is 1. The van der Waals surface area contributed by atoms with Crippen molar-refractivity contribution in [2.75, 3.05) is 48.3 Å². The first-order valence-electron chi connectivity index (χ1n) is 26.9. The van der Waals surface area contributed by atoms with E-state index in [0.29, 0.717) is 44.4 Å². The number of allylic oxidation sites excluding steroid dienone is 5. The molecule has 1 N–H and O–H groups in total. The van der Waals surface area contributed by atoms with Gasteiger partial charge in [0.2, 0.25) is 0 Å². The quantitative estimate of drug-likeness (QED) is 0.110. The van der Waals surface area contributed by atoms with Crippen LogP contribution in [-0.2, 0) is 52.2 Å². The van der Waals surface area contributed by atoms with E-state index in [0.717, 1.165) is 70.7 Å². The van der Waals surface area contributed by atoms with E-state index in [1.54, 1.807) is 21.3 Å². The van der Waals surface area contributed by atoms with E-state index in [9.17, 15) is 9.59 Å². The topological polar surface area (TPSA) is 137 Å². The number of ketones is 1. The number of hydrogen-bond donors (Lipinski definition) is 1. The molecule has 5 fully saturated rings. The van der Waals surface area contributed by atoms with Crippen LogP contribution in [0.15, 0.2) is 47.1 Å². The van der Waals surface area contributed by atoms with Crippen molar-refractivity contribution in [3.8, 4) is 0 Å². The Morgan fingerprint density at radius 3 is 2.19 bits per heavy atom. The molecular weight excluding hydrogens is 925 g/mol. The van der Waals surface area contributed by atoms with Crippen LogP contribution in [0.25, 0.3) is 0 Å². The highest BCUT2D eigenvalue weighted by Gasteiger charge is 2.54. The molecule has 12 atom stereocenters. The fourth-order valence-electron chi connectivity index (χ4n) is 10.4. The highest BCUT2D eigenvalue weighted by molar-refractivity contribution is 6.00. The molecule has 0 radical (unpaired) electrons. The fraction of sp³-hybridized carbons (Fsp3) is 0.836. The molecule has 73 heavy (non-hydrogen) atoms. The number of ether oxygens (including phenoxy) is 9. The summed E-state index contributed by atoms with van der Waals surface area (Å²) >= 11 is 0. The molecule has 12 nitrogen and oxygen atoms in total. The molecule has 8 unspecified atom stereocenters. The fourth-order valence-corrected chi connectivity index (χ4v) is 10.4. The number of carbonyl (C=O) groups excluding carboxylic acids is 2. The molecule has 2 aliphatic carbocycles. The maximum atomic E-state index is 12.3. The van der Waals surface area contributed by atoms with Gasteiger partial charge in [0.1, 0.15) is 18.3 Å². The van der Waals surface area contributed by atoms with E-state index in [2.05, 4.69) is 45.1 Å². The third-order valence-electron chi connectivity index (χ3n) is 14.6. The van der Waals surface area contributed by atoms with Gasteiger partial charge in [-0.25, -0.2) is 0 Å². The average Bonchev–Trinajstić information content (AvgIpc) is 3.80. The lowest BCUT2D eigenvalue weighted by Crippen LogP contribution is -2.60. The normalized spacial score (nSPS) is 30.9. The zero-order valence-electron chi connectivity index (χ0n) is 46.5. The van der Waals surface area contributed by atoms with E-state index in [-0.39, 0.29) is 95.8 Å². The Bertz CT molecular complexity index is 1500. The van der Waals surface area contributed by atoms with Gasteiger partial charge in [-0.05, 0) is 109 Å². The maximum Gasteiger partial charge on any atom is 0.293 e. The van der Waals surface area contributed by atoms with Gasteiger partial charge in [-0.15, -0.1) is 0 Å². The van der Waals surface area contributed by atoms with Gasteiger partial charge >= 0.3 is 0 Å². The first-order chi connectivity index (χ1) is 33.3. The smallest absolute Gasteiger partial charge is 0.293 e. The summed E-state index contributed by atoms with van der Waals surface area (Å²) in [6.45, 7) is 27.2. The largest absolute Gasteiger partial charge is 0.464 e. The van der Waals surface area contributed by atoms with Gasteiger partial charge in [0, 0.05) is 66.6 Å². The summed E-state index contributed by atoms with van der Waals surface area (Å²) in [4.78, 5) is 23.7. The lowest BCUT2D eigenvalue weighted by molar-refractivity contribution is -0.368. The Morgan fingerprint density at radius 1 is 0.932 bits per heavy atom. The van der Waals surface area contributed by atoms with Gasteiger partial charge in [-0.1, -0.05) is 133 Å². The number of aliphatic hydroxyl groups is 1. The molecule has 4 aliphatic heterocycles. The van der Waals surface area contributed by atoms with E-state index < -0.39 is 5.79 Å². The SMILES string of the molecule is C.C.C.C.CC.CC.CC.CC1=CCC2/C(=C/C=C/CC/C(C)=C/C[C@@H]3C[C@H](OC=O)CC4(CCC(C)C(C)(C5CCCCC5)O4)O3)COC2C1=O.CO.COC(C)C[C@@H](COC1C(C)OCC[C@H]1OC)OC. The molecule has 0 aromatic carbocycles. The Labute approximate surface area is 450 Å². The zero-order chi connectivity index (χ0) is 52.0. The lowest BCUT2D eigenvalue weighted by atomic mass is 9.68. The molecule has 4 saturated heterocycles. The number of aliphatic hydroxyl groups excluding tert-OH is 1. The molecule has 6 aliphatic rings. The second-order valence-electron chi connectivity index (χ2n) is 18.9. The molecule has 0 aromatic rings. The van der Waals surface area contributed by atoms with Gasteiger partial charge in [0.15, 0.2) is 11.6 Å². The summed E-state index contributed by atoms with van der Waals surface area (Å²) in [6.07, 6.45) is 25.5.